The first-order valence-electron chi connectivity index (χ1n) is 6.95. The van der Waals surface area contributed by atoms with Crippen LogP contribution in [-0.4, -0.2) is 31.0 Å². The molecular weight excluding hydrogens is 280 g/mol. The van der Waals surface area contributed by atoms with Crippen LogP contribution in [0, 0.1) is 17.4 Å². The molecule has 0 aliphatic carbocycles. The van der Waals surface area contributed by atoms with Gasteiger partial charge in [0.05, 0.1) is 12.3 Å². The molecule has 7 heteroatoms. The van der Waals surface area contributed by atoms with E-state index in [2.05, 4.69) is 26.2 Å². The Labute approximate surface area is 129 Å². The Hall–Kier alpha value is -2.88. The first kappa shape index (κ1) is 15.5. The molecule has 22 heavy (non-hydrogen) atoms. The van der Waals surface area contributed by atoms with Crippen molar-refractivity contribution in [2.45, 2.75) is 13.3 Å². The van der Waals surface area contributed by atoms with Crippen LogP contribution in [0.15, 0.2) is 34.4 Å². The third-order valence-corrected chi connectivity index (χ3v) is 3.37. The van der Waals surface area contributed by atoms with Crippen LogP contribution in [0.2, 0.25) is 0 Å². The molecule has 1 aromatic carbocycles. The van der Waals surface area contributed by atoms with E-state index in [1.165, 1.54) is 0 Å². The largest absolute Gasteiger partial charge is 0.378 e. The van der Waals surface area contributed by atoms with Gasteiger partial charge in [0, 0.05) is 25.1 Å². The molecule has 1 aliphatic rings. The van der Waals surface area contributed by atoms with Crippen molar-refractivity contribution in [3.05, 3.63) is 29.8 Å². The van der Waals surface area contributed by atoms with Gasteiger partial charge in [0.15, 0.2) is 6.19 Å². The van der Waals surface area contributed by atoms with Gasteiger partial charge in [-0.25, -0.2) is 5.43 Å². The van der Waals surface area contributed by atoms with Gasteiger partial charge in [-0.1, -0.05) is 19.1 Å². The SMILES string of the molecule is C/N=C(/CNc1ccc(C2=NNC(=O)CC2C)cc1)NC#N. The van der Waals surface area contributed by atoms with E-state index in [0.717, 1.165) is 17.0 Å². The van der Waals surface area contributed by atoms with E-state index in [4.69, 9.17) is 5.26 Å². The summed E-state index contributed by atoms with van der Waals surface area (Å²) in [6, 6.07) is 7.77. The minimum atomic E-state index is -0.0501. The number of hydrogen-bond acceptors (Lipinski definition) is 5. The predicted molar refractivity (Wildman–Crippen MR) is 85.5 cm³/mol. The molecule has 0 bridgehead atoms. The summed E-state index contributed by atoms with van der Waals surface area (Å²) in [5.74, 6) is 0.622. The topological polar surface area (TPSA) is 102 Å². The highest BCUT2D eigenvalue weighted by Crippen LogP contribution is 2.18. The van der Waals surface area contributed by atoms with Crippen LogP contribution in [-0.2, 0) is 4.79 Å². The molecule has 0 spiro atoms. The number of hydrazone groups is 1. The highest BCUT2D eigenvalue weighted by atomic mass is 16.2. The summed E-state index contributed by atoms with van der Waals surface area (Å²) < 4.78 is 0. The summed E-state index contributed by atoms with van der Waals surface area (Å²) in [7, 11) is 1.63. The van der Waals surface area contributed by atoms with Gasteiger partial charge in [0.2, 0.25) is 5.91 Å². The minimum Gasteiger partial charge on any atom is -0.378 e. The molecule has 0 saturated heterocycles. The zero-order chi connectivity index (χ0) is 15.9. The first-order valence-corrected chi connectivity index (χ1v) is 6.95. The summed E-state index contributed by atoms with van der Waals surface area (Å²) in [4.78, 5) is 15.2. The van der Waals surface area contributed by atoms with Crippen LogP contribution in [0.1, 0.15) is 18.9 Å². The van der Waals surface area contributed by atoms with Gasteiger partial charge in [0.1, 0.15) is 5.84 Å². The highest BCUT2D eigenvalue weighted by molar-refractivity contribution is 6.05. The zero-order valence-corrected chi connectivity index (χ0v) is 12.6. The maximum absolute atomic E-state index is 11.3. The molecular formula is C15H18N6O. The summed E-state index contributed by atoms with van der Waals surface area (Å²) in [5, 5.41) is 18.4. The van der Waals surface area contributed by atoms with Crippen molar-refractivity contribution in [3.63, 3.8) is 0 Å². The molecule has 1 heterocycles. The van der Waals surface area contributed by atoms with Crippen LogP contribution in [0.25, 0.3) is 0 Å². The van der Waals surface area contributed by atoms with Gasteiger partial charge < -0.3 is 5.32 Å². The van der Waals surface area contributed by atoms with E-state index < -0.39 is 0 Å². The number of carbonyl (C=O) groups excluding carboxylic acids is 1. The molecule has 1 aliphatic heterocycles. The number of amidine groups is 1. The highest BCUT2D eigenvalue weighted by Gasteiger charge is 2.21. The number of benzene rings is 1. The lowest BCUT2D eigenvalue weighted by atomic mass is 9.94. The van der Waals surface area contributed by atoms with Gasteiger partial charge in [-0.05, 0) is 17.7 Å². The lowest BCUT2D eigenvalue weighted by Crippen LogP contribution is -2.31. The lowest BCUT2D eigenvalue weighted by molar-refractivity contribution is -0.121. The number of nitrogens with zero attached hydrogens (tertiary/aromatic N) is 3. The maximum atomic E-state index is 11.3. The lowest BCUT2D eigenvalue weighted by Gasteiger charge is -2.19. The Morgan fingerprint density at radius 3 is 2.82 bits per heavy atom. The third kappa shape index (κ3) is 3.82. The molecule has 7 nitrogen and oxygen atoms in total. The number of aliphatic imine (C=N–C) groups is 1. The summed E-state index contributed by atoms with van der Waals surface area (Å²) >= 11 is 0. The second kappa shape index (κ2) is 7.22. The quantitative estimate of drug-likeness (QED) is 0.335. The van der Waals surface area contributed by atoms with Gasteiger partial charge in [-0.15, -0.1) is 0 Å². The van der Waals surface area contributed by atoms with Crippen molar-refractivity contribution < 1.29 is 4.79 Å². The number of carbonyl (C=O) groups is 1. The summed E-state index contributed by atoms with van der Waals surface area (Å²) in [5.41, 5.74) is 5.30. The van der Waals surface area contributed by atoms with E-state index in [-0.39, 0.29) is 11.8 Å². The molecule has 0 radical (unpaired) electrons. The zero-order valence-electron chi connectivity index (χ0n) is 12.6. The number of amides is 1. The average Bonchev–Trinajstić information content (AvgIpc) is 2.52. The fourth-order valence-electron chi connectivity index (χ4n) is 2.19. The van der Waals surface area contributed by atoms with Gasteiger partial charge in [-0.2, -0.15) is 10.4 Å². The van der Waals surface area contributed by atoms with Gasteiger partial charge in [-0.3, -0.25) is 15.1 Å². The van der Waals surface area contributed by atoms with Crippen LogP contribution in [0.4, 0.5) is 5.69 Å². The van der Waals surface area contributed by atoms with E-state index in [1.807, 2.05) is 37.4 Å². The van der Waals surface area contributed by atoms with E-state index >= 15 is 0 Å². The second-order valence-electron chi connectivity index (χ2n) is 4.98. The fourth-order valence-corrected chi connectivity index (χ4v) is 2.19. The van der Waals surface area contributed by atoms with E-state index in [1.54, 1.807) is 7.05 Å². The van der Waals surface area contributed by atoms with Crippen LogP contribution in [0.3, 0.4) is 0 Å². The minimum absolute atomic E-state index is 0.0501. The molecule has 1 atom stereocenters. The van der Waals surface area contributed by atoms with E-state index in [9.17, 15) is 4.79 Å². The Balaban J connectivity index is 2.02. The normalized spacial score (nSPS) is 18.0. The molecule has 0 fully saturated rings. The smallest absolute Gasteiger partial charge is 0.240 e. The standard InChI is InChI=1S/C15H18N6O/c1-10-7-14(22)20-21-15(10)11-3-5-12(6-4-11)18-8-13(17-2)19-9-16/h3-6,10,18H,7-8H2,1-2H3,(H,17,19)(H,20,22). The Bertz CT molecular complexity index is 641. The van der Waals surface area contributed by atoms with Crippen molar-refractivity contribution in [2.24, 2.45) is 16.0 Å². The van der Waals surface area contributed by atoms with Crippen molar-refractivity contribution in [1.82, 2.24) is 10.7 Å². The predicted octanol–water partition coefficient (Wildman–Crippen LogP) is 1.06. The number of anilines is 1. The second-order valence-corrected chi connectivity index (χ2v) is 4.98. The monoisotopic (exact) mass is 298 g/mol. The third-order valence-electron chi connectivity index (χ3n) is 3.37. The van der Waals surface area contributed by atoms with Gasteiger partial charge >= 0.3 is 0 Å². The molecule has 0 saturated carbocycles. The van der Waals surface area contributed by atoms with Gasteiger partial charge in [0.25, 0.3) is 0 Å². The molecule has 1 amide bonds. The van der Waals surface area contributed by atoms with Crippen molar-refractivity contribution in [1.29, 1.82) is 5.26 Å². The molecule has 0 aromatic heterocycles. The molecule has 114 valence electrons. The fraction of sp³-hybridized carbons (Fsp3) is 0.333. The van der Waals surface area contributed by atoms with Crippen LogP contribution >= 0.6 is 0 Å². The Morgan fingerprint density at radius 2 is 2.23 bits per heavy atom. The van der Waals surface area contributed by atoms with Crippen molar-refractivity contribution in [2.75, 3.05) is 18.9 Å². The molecule has 3 N–H and O–H groups in total. The molecule has 1 unspecified atom stereocenters. The molecule has 2 rings (SSSR count). The first-order chi connectivity index (χ1) is 10.6. The number of hydrogen-bond donors (Lipinski definition) is 3. The number of rotatable bonds is 4. The van der Waals surface area contributed by atoms with E-state index in [0.29, 0.717) is 18.8 Å². The van der Waals surface area contributed by atoms with Crippen LogP contribution in [0.5, 0.6) is 0 Å². The number of nitrogens with one attached hydrogen (secondary N) is 3. The number of nitriles is 1. The average molecular weight is 298 g/mol. The summed E-state index contributed by atoms with van der Waals surface area (Å²) in [6.45, 7) is 2.43. The molecule has 1 aromatic rings. The Kier molecular flexibility index (Phi) is 5.09. The maximum Gasteiger partial charge on any atom is 0.240 e. The summed E-state index contributed by atoms with van der Waals surface area (Å²) in [6.07, 6.45) is 2.30. The Morgan fingerprint density at radius 1 is 1.50 bits per heavy atom. The van der Waals surface area contributed by atoms with Crippen molar-refractivity contribution >= 4 is 23.1 Å². The van der Waals surface area contributed by atoms with Crippen LogP contribution < -0.4 is 16.1 Å². The van der Waals surface area contributed by atoms with Crippen molar-refractivity contribution in [3.8, 4) is 6.19 Å².